The van der Waals surface area contributed by atoms with Crippen molar-refractivity contribution in [2.45, 2.75) is 24.9 Å². The number of carboxylic acid groups (broad SMARTS) is 1. The highest BCUT2D eigenvalue weighted by Gasteiger charge is 2.38. The fraction of sp³-hybridized carbons (Fsp3) is 0.308. The normalized spacial score (nSPS) is 19.1. The fourth-order valence-corrected chi connectivity index (χ4v) is 6.45. The monoisotopic (exact) mass is 739 g/mol. The van der Waals surface area contributed by atoms with Crippen LogP contribution in [0.4, 0.5) is 31.1 Å². The quantitative estimate of drug-likeness (QED) is 0.211. The van der Waals surface area contributed by atoms with E-state index in [1.807, 2.05) is 22.6 Å². The molecule has 3 heterocycles. The molecule has 0 radical (unpaired) electrons. The van der Waals surface area contributed by atoms with Crippen LogP contribution in [0.3, 0.4) is 0 Å². The van der Waals surface area contributed by atoms with E-state index in [0.717, 1.165) is 22.7 Å². The van der Waals surface area contributed by atoms with Crippen LogP contribution in [0.5, 0.6) is 0 Å². The maximum atomic E-state index is 13.7. The van der Waals surface area contributed by atoms with E-state index >= 15 is 0 Å². The number of hydrogen-bond acceptors (Lipinski definition) is 6. The number of amidine groups is 1. The van der Waals surface area contributed by atoms with Gasteiger partial charge in [-0.3, -0.25) is 14.4 Å². The van der Waals surface area contributed by atoms with Gasteiger partial charge in [-0.2, -0.15) is 36.4 Å². The van der Waals surface area contributed by atoms with Gasteiger partial charge in [0.15, 0.2) is 5.17 Å². The molecule has 228 valence electrons. The molecule has 0 unspecified atom stereocenters. The van der Waals surface area contributed by atoms with Gasteiger partial charge in [0.2, 0.25) is 0 Å². The van der Waals surface area contributed by atoms with Gasteiger partial charge in [-0.05, 0) is 75.8 Å². The molecule has 2 aromatic carbocycles. The number of hydrogen-bond donors (Lipinski definition) is 2. The number of carbonyl (C=O) groups is 2. The number of aliphatic hydroxyl groups is 1. The lowest BCUT2D eigenvalue weighted by Crippen LogP contribution is -2.57. The highest BCUT2D eigenvalue weighted by molar-refractivity contribution is 14.1. The van der Waals surface area contributed by atoms with Crippen molar-refractivity contribution in [2.24, 2.45) is 4.99 Å². The Morgan fingerprint density at radius 2 is 1.84 bits per heavy atom. The molecule has 0 aliphatic carbocycles. The van der Waals surface area contributed by atoms with Gasteiger partial charge in [-0.1, -0.05) is 12.1 Å². The number of fused-ring (bicyclic) bond motifs is 1. The smallest absolute Gasteiger partial charge is 0.416 e. The van der Waals surface area contributed by atoms with Crippen LogP contribution in [0.15, 0.2) is 46.3 Å². The van der Waals surface area contributed by atoms with Crippen molar-refractivity contribution < 1.29 is 46.1 Å². The number of piperazine rings is 1. The molecule has 43 heavy (non-hydrogen) atoms. The molecule has 17 heteroatoms. The summed E-state index contributed by atoms with van der Waals surface area (Å²) in [5.41, 5.74) is -2.16. The van der Waals surface area contributed by atoms with E-state index in [2.05, 4.69) is 10.1 Å². The number of amides is 2. The van der Waals surface area contributed by atoms with Gasteiger partial charge < -0.3 is 15.1 Å². The maximum Gasteiger partial charge on any atom is 0.416 e. The summed E-state index contributed by atoms with van der Waals surface area (Å²) in [6.45, 7) is -0.243. The largest absolute Gasteiger partial charge is 0.465 e. The Morgan fingerprint density at radius 3 is 2.49 bits per heavy atom. The van der Waals surface area contributed by atoms with Crippen LogP contribution in [0, 0.1) is 3.70 Å². The predicted molar refractivity (Wildman–Crippen MR) is 153 cm³/mol. The molecule has 1 aromatic heterocycles. The number of nitrogens with zero attached hydrogens (tertiary/aromatic N) is 5. The Hall–Kier alpha value is -3.32. The maximum absolute atomic E-state index is 13.7. The minimum absolute atomic E-state index is 0.0961. The van der Waals surface area contributed by atoms with Crippen molar-refractivity contribution in [1.82, 2.24) is 19.6 Å². The van der Waals surface area contributed by atoms with E-state index in [1.54, 1.807) is 29.2 Å². The molecular weight excluding hydrogens is 719 g/mol. The number of alkyl halides is 6. The Balaban J connectivity index is 1.37. The van der Waals surface area contributed by atoms with Crippen LogP contribution in [0.2, 0.25) is 0 Å². The molecule has 0 saturated carbocycles. The Bertz CT molecular complexity index is 1670. The molecule has 9 nitrogen and oxygen atoms in total. The number of benzene rings is 2. The standard InChI is InChI=1S/C26H20F6IN5O4S/c27-25(28,29)15-3-2-14(18(9-15)26(30,31)32)10-38-19-4-1-13(7-17(19)21(33)35-38)8-20-22(40)34-23(43-20)36-5-6-37(24(41)42)16(11-36)12-39/h1-4,7-9,16,39H,5-6,10-12H2,(H,41,42)/t16-/m1/s1. The summed E-state index contributed by atoms with van der Waals surface area (Å²) in [5, 5.41) is 24.1. The number of halogens is 7. The van der Waals surface area contributed by atoms with E-state index in [-0.39, 0.29) is 42.8 Å². The van der Waals surface area contributed by atoms with E-state index in [0.29, 0.717) is 31.4 Å². The van der Waals surface area contributed by atoms with Gasteiger partial charge in [0, 0.05) is 25.0 Å². The second-order valence-corrected chi connectivity index (χ2v) is 11.7. The number of aliphatic imine (C=N–C) groups is 1. The number of carbonyl (C=O) groups excluding carboxylic acids is 1. The van der Waals surface area contributed by atoms with Gasteiger partial charge in [-0.25, -0.2) is 4.79 Å². The van der Waals surface area contributed by atoms with Gasteiger partial charge in [0.05, 0.1) is 40.7 Å². The molecular formula is C26H20F6IN5O4S. The van der Waals surface area contributed by atoms with Crippen LogP contribution in [0.1, 0.15) is 22.3 Å². The van der Waals surface area contributed by atoms with Crippen LogP contribution in [-0.2, 0) is 23.7 Å². The van der Waals surface area contributed by atoms with Crippen LogP contribution < -0.4 is 0 Å². The summed E-state index contributed by atoms with van der Waals surface area (Å²) < 4.78 is 81.9. The Labute approximate surface area is 257 Å². The van der Waals surface area contributed by atoms with Crippen LogP contribution in [-0.4, -0.2) is 79.2 Å². The number of rotatable bonds is 4. The Kier molecular flexibility index (Phi) is 8.42. The van der Waals surface area contributed by atoms with Gasteiger partial charge in [-0.15, -0.1) is 0 Å². The zero-order valence-corrected chi connectivity index (χ0v) is 24.6. The van der Waals surface area contributed by atoms with Gasteiger partial charge >= 0.3 is 18.4 Å². The molecule has 2 N–H and O–H groups in total. The number of aliphatic hydroxyl groups excluding tert-OH is 1. The second kappa shape index (κ2) is 11.6. The first-order valence-corrected chi connectivity index (χ1v) is 14.4. The van der Waals surface area contributed by atoms with E-state index in [1.165, 1.54) is 4.68 Å². The number of aromatic nitrogens is 2. The highest BCUT2D eigenvalue weighted by atomic mass is 127. The van der Waals surface area contributed by atoms with Crippen molar-refractivity contribution >= 4 is 68.5 Å². The van der Waals surface area contributed by atoms with Crippen molar-refractivity contribution in [1.29, 1.82) is 0 Å². The zero-order valence-electron chi connectivity index (χ0n) is 21.7. The third kappa shape index (κ3) is 6.47. The molecule has 2 aliphatic heterocycles. The van der Waals surface area contributed by atoms with E-state index < -0.39 is 48.1 Å². The van der Waals surface area contributed by atoms with Crippen molar-refractivity contribution in [3.05, 3.63) is 67.3 Å². The van der Waals surface area contributed by atoms with E-state index in [9.17, 15) is 46.1 Å². The number of thioether (sulfide) groups is 1. The third-order valence-corrected chi connectivity index (χ3v) is 8.75. The molecule has 2 amide bonds. The third-order valence-electron chi connectivity index (χ3n) is 6.91. The summed E-state index contributed by atoms with van der Waals surface area (Å²) >= 11 is 3.00. The first-order valence-electron chi connectivity index (χ1n) is 12.5. The molecule has 5 rings (SSSR count). The molecule has 1 saturated heterocycles. The van der Waals surface area contributed by atoms with Crippen molar-refractivity contribution in [3.63, 3.8) is 0 Å². The summed E-state index contributed by atoms with van der Waals surface area (Å²) in [5.74, 6) is -0.506. The summed E-state index contributed by atoms with van der Waals surface area (Å²) in [6.07, 6.45) is -9.50. The lowest BCUT2D eigenvalue weighted by molar-refractivity contribution is -0.143. The van der Waals surface area contributed by atoms with Crippen molar-refractivity contribution in [2.75, 3.05) is 26.2 Å². The highest BCUT2D eigenvalue weighted by Crippen LogP contribution is 2.38. The van der Waals surface area contributed by atoms with Crippen molar-refractivity contribution in [3.8, 4) is 0 Å². The van der Waals surface area contributed by atoms with Crippen LogP contribution in [0.25, 0.3) is 17.0 Å². The molecule has 0 bridgehead atoms. The summed E-state index contributed by atoms with van der Waals surface area (Å²) in [6, 6.07) is 5.73. The molecule has 2 aliphatic rings. The SMILES string of the molecule is O=C1N=C(N2CCN(C(=O)O)[C@@H](CO)C2)SC1=Cc1ccc2c(c1)c(I)nn2Cc1ccc(C(F)(F)F)cc1C(F)(F)F. The summed E-state index contributed by atoms with van der Waals surface area (Å²) in [7, 11) is 0. The first-order chi connectivity index (χ1) is 20.2. The first kappa shape index (κ1) is 31.1. The van der Waals surface area contributed by atoms with Gasteiger partial charge in [0.25, 0.3) is 5.91 Å². The molecule has 1 fully saturated rings. The topological polar surface area (TPSA) is 111 Å². The predicted octanol–water partition coefficient (Wildman–Crippen LogP) is 5.35. The zero-order chi connectivity index (χ0) is 31.3. The van der Waals surface area contributed by atoms with E-state index in [4.69, 9.17) is 0 Å². The molecule has 1 atom stereocenters. The second-order valence-electron chi connectivity index (χ2n) is 9.66. The van der Waals surface area contributed by atoms with Gasteiger partial charge in [0.1, 0.15) is 3.70 Å². The average Bonchev–Trinajstić information content (AvgIpc) is 3.45. The minimum atomic E-state index is -5.01. The van der Waals surface area contributed by atoms with Crippen LogP contribution >= 0.6 is 34.4 Å². The molecule has 3 aromatic rings. The molecule has 0 spiro atoms. The minimum Gasteiger partial charge on any atom is -0.465 e. The average molecular weight is 739 g/mol. The summed E-state index contributed by atoms with van der Waals surface area (Å²) in [4.78, 5) is 31.3. The lowest BCUT2D eigenvalue weighted by Gasteiger charge is -2.39. The fourth-order valence-electron chi connectivity index (χ4n) is 4.81. The lowest BCUT2D eigenvalue weighted by atomic mass is 10.0. The Morgan fingerprint density at radius 1 is 1.09 bits per heavy atom.